The zero-order valence-corrected chi connectivity index (χ0v) is 17.4. The van der Waals surface area contributed by atoms with Crippen LogP contribution in [0, 0.1) is 0 Å². The molecule has 152 valence electrons. The van der Waals surface area contributed by atoms with Crippen molar-refractivity contribution in [1.29, 1.82) is 0 Å². The van der Waals surface area contributed by atoms with Crippen LogP contribution in [0.4, 0.5) is 11.4 Å². The summed E-state index contributed by atoms with van der Waals surface area (Å²) >= 11 is 6.01. The number of rotatable bonds is 4. The molecule has 0 radical (unpaired) electrons. The maximum atomic E-state index is 13.5. The monoisotopic (exact) mass is 419 g/mol. The molecule has 0 saturated heterocycles. The van der Waals surface area contributed by atoms with E-state index in [4.69, 9.17) is 11.6 Å². The van der Waals surface area contributed by atoms with Crippen LogP contribution < -0.4 is 9.80 Å². The minimum absolute atomic E-state index is 0.0308. The van der Waals surface area contributed by atoms with Gasteiger partial charge in [-0.2, -0.15) is 0 Å². The zero-order chi connectivity index (χ0) is 21.1. The second-order valence-corrected chi connectivity index (χ2v) is 7.59. The summed E-state index contributed by atoms with van der Waals surface area (Å²) in [6.07, 6.45) is 3.79. The van der Waals surface area contributed by atoms with Gasteiger partial charge in [-0.3, -0.25) is 14.6 Å². The van der Waals surface area contributed by atoms with Crippen LogP contribution in [0.25, 0.3) is 0 Å². The molecule has 5 nitrogen and oxygen atoms in total. The molecule has 2 amide bonds. The molecule has 6 heteroatoms. The number of halogens is 1. The number of aromatic nitrogens is 1. The lowest BCUT2D eigenvalue weighted by molar-refractivity contribution is -0.120. The lowest BCUT2D eigenvalue weighted by Crippen LogP contribution is -2.42. The van der Waals surface area contributed by atoms with E-state index < -0.39 is 0 Å². The molecule has 1 atom stereocenters. The van der Waals surface area contributed by atoms with Gasteiger partial charge in [0, 0.05) is 47.4 Å². The van der Waals surface area contributed by atoms with Gasteiger partial charge in [-0.1, -0.05) is 29.8 Å². The molecule has 2 aromatic carbocycles. The number of nitrogens with zero attached hydrogens (tertiary/aromatic N) is 3. The maximum absolute atomic E-state index is 13.5. The van der Waals surface area contributed by atoms with Crippen molar-refractivity contribution >= 4 is 34.8 Å². The predicted octanol–water partition coefficient (Wildman–Crippen LogP) is 4.92. The third kappa shape index (κ3) is 3.81. The number of carbonyl (C=O) groups is 2. The average molecular weight is 420 g/mol. The smallest absolute Gasteiger partial charge is 0.258 e. The Hall–Kier alpha value is -3.18. The summed E-state index contributed by atoms with van der Waals surface area (Å²) in [5.41, 5.74) is 3.07. The largest absolute Gasteiger partial charge is 0.312 e. The normalized spacial score (nSPS) is 15.4. The van der Waals surface area contributed by atoms with Crippen LogP contribution in [-0.2, 0) is 4.79 Å². The molecule has 0 bridgehead atoms. The Morgan fingerprint density at radius 1 is 1.07 bits per heavy atom. The predicted molar refractivity (Wildman–Crippen MR) is 119 cm³/mol. The summed E-state index contributed by atoms with van der Waals surface area (Å²) in [6, 6.07) is 18.4. The van der Waals surface area contributed by atoms with Crippen molar-refractivity contribution in [3.8, 4) is 0 Å². The summed E-state index contributed by atoms with van der Waals surface area (Å²) in [7, 11) is 0. The van der Waals surface area contributed by atoms with Gasteiger partial charge in [0.1, 0.15) is 0 Å². The van der Waals surface area contributed by atoms with Gasteiger partial charge in [0.2, 0.25) is 5.91 Å². The van der Waals surface area contributed by atoms with E-state index in [1.54, 1.807) is 46.5 Å². The van der Waals surface area contributed by atoms with Gasteiger partial charge in [0.15, 0.2) is 0 Å². The van der Waals surface area contributed by atoms with Crippen molar-refractivity contribution in [2.75, 3.05) is 22.9 Å². The van der Waals surface area contributed by atoms with Gasteiger partial charge in [0.25, 0.3) is 5.91 Å². The lowest BCUT2D eigenvalue weighted by Gasteiger charge is -2.36. The molecule has 0 unspecified atom stereocenters. The molecule has 1 aromatic heterocycles. The topological polar surface area (TPSA) is 53.5 Å². The molecule has 1 aliphatic heterocycles. The summed E-state index contributed by atoms with van der Waals surface area (Å²) in [6.45, 7) is 2.99. The maximum Gasteiger partial charge on any atom is 0.258 e. The first kappa shape index (κ1) is 20.1. The quantitative estimate of drug-likeness (QED) is 0.603. The molecule has 4 rings (SSSR count). The number of para-hydroxylation sites is 1. The molecule has 0 aliphatic carbocycles. The van der Waals surface area contributed by atoms with E-state index in [1.165, 1.54) is 0 Å². The number of benzene rings is 2. The molecule has 30 heavy (non-hydrogen) atoms. The van der Waals surface area contributed by atoms with Crippen LogP contribution in [0.2, 0.25) is 5.02 Å². The zero-order valence-electron chi connectivity index (χ0n) is 16.7. The van der Waals surface area contributed by atoms with Crippen LogP contribution in [0.3, 0.4) is 0 Å². The third-order valence-corrected chi connectivity index (χ3v) is 5.69. The van der Waals surface area contributed by atoms with Gasteiger partial charge < -0.3 is 9.80 Å². The number of carbonyl (C=O) groups excluding carboxylic acids is 2. The summed E-state index contributed by atoms with van der Waals surface area (Å²) in [5, 5.41) is 0.635. The summed E-state index contributed by atoms with van der Waals surface area (Å²) < 4.78 is 0. The van der Waals surface area contributed by atoms with Gasteiger partial charge in [-0.05, 0) is 61.4 Å². The number of fused-ring (bicyclic) bond motifs is 1. The number of hydrogen-bond donors (Lipinski definition) is 0. The second-order valence-electron chi connectivity index (χ2n) is 7.15. The fraction of sp³-hybridized carbons (Fsp3) is 0.208. The Morgan fingerprint density at radius 2 is 1.77 bits per heavy atom. The first-order chi connectivity index (χ1) is 14.6. The van der Waals surface area contributed by atoms with Crippen LogP contribution in [0.15, 0.2) is 73.1 Å². The fourth-order valence-corrected chi connectivity index (χ4v) is 4.08. The highest BCUT2D eigenvalue weighted by Gasteiger charge is 2.35. The molecular formula is C24H22ClN3O2. The lowest BCUT2D eigenvalue weighted by atomic mass is 9.88. The highest BCUT2D eigenvalue weighted by molar-refractivity contribution is 6.30. The summed E-state index contributed by atoms with van der Waals surface area (Å²) in [5.74, 6) is -0.359. The van der Waals surface area contributed by atoms with E-state index >= 15 is 0 Å². The highest BCUT2D eigenvalue weighted by Crippen LogP contribution is 2.38. The van der Waals surface area contributed by atoms with Crippen LogP contribution in [0.5, 0.6) is 0 Å². The highest BCUT2D eigenvalue weighted by atomic mass is 35.5. The Kier molecular flexibility index (Phi) is 5.81. The van der Waals surface area contributed by atoms with E-state index in [1.807, 2.05) is 43.3 Å². The minimum atomic E-state index is -0.307. The number of anilines is 2. The van der Waals surface area contributed by atoms with Gasteiger partial charge in [-0.25, -0.2) is 0 Å². The SMILES string of the molecule is CCN(C(=O)[C@H]1CCN(C(=O)c2ccncc2)c2ccccc21)c1ccc(Cl)cc1. The van der Waals surface area contributed by atoms with E-state index in [2.05, 4.69) is 4.98 Å². The van der Waals surface area contributed by atoms with Crippen molar-refractivity contribution in [2.24, 2.45) is 0 Å². The minimum Gasteiger partial charge on any atom is -0.312 e. The second kappa shape index (κ2) is 8.67. The van der Waals surface area contributed by atoms with Crippen molar-refractivity contribution in [1.82, 2.24) is 4.98 Å². The Morgan fingerprint density at radius 3 is 2.47 bits per heavy atom. The molecule has 0 fully saturated rings. The Balaban J connectivity index is 1.66. The Bertz CT molecular complexity index is 1050. The van der Waals surface area contributed by atoms with Crippen molar-refractivity contribution in [3.63, 3.8) is 0 Å². The summed E-state index contributed by atoms with van der Waals surface area (Å²) in [4.78, 5) is 34.1. The van der Waals surface area contributed by atoms with E-state index in [-0.39, 0.29) is 17.7 Å². The average Bonchev–Trinajstić information content (AvgIpc) is 2.80. The standard InChI is InChI=1S/C24H22ClN3O2/c1-2-27(19-9-7-18(25)8-10-19)24(30)21-13-16-28(22-6-4-3-5-20(21)22)23(29)17-11-14-26-15-12-17/h3-12,14-15,21H,2,13,16H2,1H3/t21-/m0/s1. The molecule has 1 aliphatic rings. The number of hydrogen-bond acceptors (Lipinski definition) is 3. The first-order valence-electron chi connectivity index (χ1n) is 9.98. The number of pyridine rings is 1. The van der Waals surface area contributed by atoms with Crippen molar-refractivity contribution in [3.05, 3.63) is 89.2 Å². The van der Waals surface area contributed by atoms with Gasteiger partial charge in [-0.15, -0.1) is 0 Å². The fourth-order valence-electron chi connectivity index (χ4n) is 3.95. The van der Waals surface area contributed by atoms with E-state index in [0.29, 0.717) is 30.1 Å². The van der Waals surface area contributed by atoms with Crippen LogP contribution in [-0.4, -0.2) is 29.9 Å². The van der Waals surface area contributed by atoms with Crippen molar-refractivity contribution in [2.45, 2.75) is 19.3 Å². The van der Waals surface area contributed by atoms with E-state index in [0.717, 1.165) is 16.9 Å². The van der Waals surface area contributed by atoms with Crippen molar-refractivity contribution < 1.29 is 9.59 Å². The van der Waals surface area contributed by atoms with Gasteiger partial charge in [0.05, 0.1) is 5.92 Å². The molecule has 2 heterocycles. The molecule has 3 aromatic rings. The Labute approximate surface area is 180 Å². The molecule has 0 saturated carbocycles. The third-order valence-electron chi connectivity index (χ3n) is 5.44. The molecule has 0 spiro atoms. The molecule has 0 N–H and O–H groups in total. The first-order valence-corrected chi connectivity index (χ1v) is 10.4. The van der Waals surface area contributed by atoms with Crippen LogP contribution >= 0.6 is 11.6 Å². The van der Waals surface area contributed by atoms with Gasteiger partial charge >= 0.3 is 0 Å². The van der Waals surface area contributed by atoms with Crippen LogP contribution in [0.1, 0.15) is 35.2 Å². The number of amides is 2. The number of likely N-dealkylation sites (N-methyl/N-ethyl adjacent to an activating group) is 1. The van der Waals surface area contributed by atoms with E-state index in [9.17, 15) is 9.59 Å². The molecular weight excluding hydrogens is 398 g/mol.